The summed E-state index contributed by atoms with van der Waals surface area (Å²) < 4.78 is 0. The standard InChI is InChI=1S/C17H27NO/c1-16(2,3)18-12-17(4,19)15-10-9-13-7-5-6-8-14(13)11-15/h9-11,18-19H,5-8,12H2,1-4H3. The Morgan fingerprint density at radius 1 is 1.05 bits per heavy atom. The Hall–Kier alpha value is -0.860. The maximum Gasteiger partial charge on any atom is 0.0992 e. The molecule has 0 bridgehead atoms. The van der Waals surface area contributed by atoms with Gasteiger partial charge in [-0.1, -0.05) is 18.2 Å². The van der Waals surface area contributed by atoms with Gasteiger partial charge in [0.1, 0.15) is 0 Å². The van der Waals surface area contributed by atoms with Gasteiger partial charge in [-0.2, -0.15) is 0 Å². The Balaban J connectivity index is 2.15. The number of β-amino-alcohol motifs (C(OH)–C–C–N with tert-alkyl or cyclic N) is 1. The third kappa shape index (κ3) is 3.80. The van der Waals surface area contributed by atoms with Gasteiger partial charge >= 0.3 is 0 Å². The molecule has 19 heavy (non-hydrogen) atoms. The van der Waals surface area contributed by atoms with Gasteiger partial charge in [-0.3, -0.25) is 0 Å². The minimum atomic E-state index is -0.806. The fraction of sp³-hybridized carbons (Fsp3) is 0.647. The van der Waals surface area contributed by atoms with Crippen LogP contribution in [0.3, 0.4) is 0 Å². The van der Waals surface area contributed by atoms with Crippen LogP contribution in [0.2, 0.25) is 0 Å². The van der Waals surface area contributed by atoms with Crippen molar-refractivity contribution < 1.29 is 5.11 Å². The van der Waals surface area contributed by atoms with Gasteiger partial charge in [0.25, 0.3) is 0 Å². The SMILES string of the molecule is CC(C)(C)NCC(C)(O)c1ccc2c(c1)CCCC2. The predicted molar refractivity (Wildman–Crippen MR) is 80.4 cm³/mol. The van der Waals surface area contributed by atoms with E-state index in [-0.39, 0.29) is 5.54 Å². The van der Waals surface area contributed by atoms with Crippen LogP contribution in [0.5, 0.6) is 0 Å². The summed E-state index contributed by atoms with van der Waals surface area (Å²) in [4.78, 5) is 0. The average Bonchev–Trinajstić information content (AvgIpc) is 2.35. The monoisotopic (exact) mass is 261 g/mol. The number of rotatable bonds is 3. The summed E-state index contributed by atoms with van der Waals surface area (Å²) in [6, 6.07) is 6.50. The number of hydrogen-bond donors (Lipinski definition) is 2. The summed E-state index contributed by atoms with van der Waals surface area (Å²) in [6.45, 7) is 8.84. The van der Waals surface area contributed by atoms with E-state index in [0.717, 1.165) is 12.0 Å². The third-order valence-electron chi connectivity index (χ3n) is 3.93. The Kier molecular flexibility index (Phi) is 4.03. The zero-order chi connectivity index (χ0) is 14.1. The van der Waals surface area contributed by atoms with Gasteiger partial charge in [-0.25, -0.2) is 0 Å². The largest absolute Gasteiger partial charge is 0.384 e. The molecule has 1 aromatic rings. The third-order valence-corrected chi connectivity index (χ3v) is 3.93. The summed E-state index contributed by atoms with van der Waals surface area (Å²) in [5.41, 5.74) is 3.15. The molecule has 1 aromatic carbocycles. The highest BCUT2D eigenvalue weighted by molar-refractivity contribution is 5.36. The highest BCUT2D eigenvalue weighted by Crippen LogP contribution is 2.27. The van der Waals surface area contributed by atoms with E-state index >= 15 is 0 Å². The van der Waals surface area contributed by atoms with Crippen LogP contribution in [0.4, 0.5) is 0 Å². The van der Waals surface area contributed by atoms with Gasteiger partial charge in [-0.15, -0.1) is 0 Å². The smallest absolute Gasteiger partial charge is 0.0992 e. The lowest BCUT2D eigenvalue weighted by atomic mass is 9.86. The maximum absolute atomic E-state index is 10.7. The first-order valence-electron chi connectivity index (χ1n) is 7.38. The van der Waals surface area contributed by atoms with Crippen LogP contribution < -0.4 is 5.32 Å². The molecule has 0 fully saturated rings. The highest BCUT2D eigenvalue weighted by Gasteiger charge is 2.26. The van der Waals surface area contributed by atoms with E-state index in [1.165, 1.54) is 30.4 Å². The lowest BCUT2D eigenvalue weighted by molar-refractivity contribution is 0.0501. The van der Waals surface area contributed by atoms with Crippen LogP contribution in [0, 0.1) is 0 Å². The Morgan fingerprint density at radius 3 is 2.32 bits per heavy atom. The van der Waals surface area contributed by atoms with E-state index in [2.05, 4.69) is 44.3 Å². The second-order valence-electron chi connectivity index (χ2n) is 7.07. The first-order valence-corrected chi connectivity index (χ1v) is 7.38. The molecular weight excluding hydrogens is 234 g/mol. The van der Waals surface area contributed by atoms with E-state index in [9.17, 15) is 5.11 Å². The molecule has 0 spiro atoms. The first kappa shape index (κ1) is 14.5. The summed E-state index contributed by atoms with van der Waals surface area (Å²) >= 11 is 0. The normalized spacial score (nSPS) is 18.8. The molecule has 0 saturated heterocycles. The minimum Gasteiger partial charge on any atom is -0.384 e. The van der Waals surface area contributed by atoms with E-state index in [1.54, 1.807) is 0 Å². The average molecular weight is 261 g/mol. The molecule has 1 unspecified atom stereocenters. The fourth-order valence-corrected chi connectivity index (χ4v) is 2.61. The number of aliphatic hydroxyl groups is 1. The topological polar surface area (TPSA) is 32.3 Å². The molecule has 2 heteroatoms. The van der Waals surface area contributed by atoms with Crippen LogP contribution in [0.25, 0.3) is 0 Å². The second kappa shape index (κ2) is 5.26. The van der Waals surface area contributed by atoms with Gasteiger partial charge in [-0.05, 0) is 70.1 Å². The van der Waals surface area contributed by atoms with Gasteiger partial charge in [0.05, 0.1) is 5.60 Å². The number of fused-ring (bicyclic) bond motifs is 1. The molecule has 0 aliphatic heterocycles. The van der Waals surface area contributed by atoms with Crippen LogP contribution in [0.15, 0.2) is 18.2 Å². The molecule has 106 valence electrons. The van der Waals surface area contributed by atoms with Gasteiger partial charge in [0.2, 0.25) is 0 Å². The molecule has 2 N–H and O–H groups in total. The van der Waals surface area contributed by atoms with Crippen molar-refractivity contribution in [2.75, 3.05) is 6.54 Å². The van der Waals surface area contributed by atoms with Crippen LogP contribution in [-0.2, 0) is 18.4 Å². The number of benzene rings is 1. The number of nitrogens with one attached hydrogen (secondary N) is 1. The zero-order valence-electron chi connectivity index (χ0n) is 12.7. The molecule has 0 heterocycles. The van der Waals surface area contributed by atoms with Crippen molar-refractivity contribution in [3.63, 3.8) is 0 Å². The van der Waals surface area contributed by atoms with E-state index < -0.39 is 5.60 Å². The molecule has 0 amide bonds. The van der Waals surface area contributed by atoms with Crippen molar-refractivity contribution in [2.45, 2.75) is 64.5 Å². The van der Waals surface area contributed by atoms with E-state index in [1.807, 2.05) is 6.92 Å². The zero-order valence-corrected chi connectivity index (χ0v) is 12.7. The first-order chi connectivity index (χ1) is 8.78. The fourth-order valence-electron chi connectivity index (χ4n) is 2.61. The van der Waals surface area contributed by atoms with Crippen molar-refractivity contribution in [3.05, 3.63) is 34.9 Å². The Labute approximate surface area is 117 Å². The molecule has 0 radical (unpaired) electrons. The molecule has 1 aliphatic rings. The molecule has 2 rings (SSSR count). The van der Waals surface area contributed by atoms with Crippen molar-refractivity contribution in [1.29, 1.82) is 0 Å². The maximum atomic E-state index is 10.7. The Morgan fingerprint density at radius 2 is 1.68 bits per heavy atom. The quantitative estimate of drug-likeness (QED) is 0.876. The summed E-state index contributed by atoms with van der Waals surface area (Å²) in [6.07, 6.45) is 4.93. The van der Waals surface area contributed by atoms with E-state index in [4.69, 9.17) is 0 Å². The van der Waals surface area contributed by atoms with Gasteiger partial charge in [0.15, 0.2) is 0 Å². The van der Waals surface area contributed by atoms with Crippen LogP contribution >= 0.6 is 0 Å². The summed E-state index contributed by atoms with van der Waals surface area (Å²) in [5.74, 6) is 0. The summed E-state index contributed by atoms with van der Waals surface area (Å²) in [5, 5.41) is 14.1. The minimum absolute atomic E-state index is 0.0260. The van der Waals surface area contributed by atoms with Crippen molar-refractivity contribution in [2.24, 2.45) is 0 Å². The van der Waals surface area contributed by atoms with Crippen LogP contribution in [-0.4, -0.2) is 17.2 Å². The predicted octanol–water partition coefficient (Wildman–Crippen LogP) is 3.16. The Bertz CT molecular complexity index is 443. The second-order valence-corrected chi connectivity index (χ2v) is 7.07. The highest BCUT2D eigenvalue weighted by atomic mass is 16.3. The lowest BCUT2D eigenvalue weighted by Gasteiger charge is -2.30. The van der Waals surface area contributed by atoms with Gasteiger partial charge < -0.3 is 10.4 Å². The van der Waals surface area contributed by atoms with Crippen molar-refractivity contribution in [1.82, 2.24) is 5.32 Å². The molecule has 0 aromatic heterocycles. The lowest BCUT2D eigenvalue weighted by Crippen LogP contribution is -2.44. The molecule has 2 nitrogen and oxygen atoms in total. The van der Waals surface area contributed by atoms with Gasteiger partial charge in [0, 0.05) is 12.1 Å². The van der Waals surface area contributed by atoms with Crippen molar-refractivity contribution in [3.8, 4) is 0 Å². The molecular formula is C17H27NO. The number of aryl methyl sites for hydroxylation is 2. The van der Waals surface area contributed by atoms with E-state index in [0.29, 0.717) is 6.54 Å². The summed E-state index contributed by atoms with van der Waals surface area (Å²) in [7, 11) is 0. The molecule has 1 atom stereocenters. The van der Waals surface area contributed by atoms with Crippen molar-refractivity contribution >= 4 is 0 Å². The molecule has 0 saturated carbocycles. The number of hydrogen-bond acceptors (Lipinski definition) is 2. The molecule has 1 aliphatic carbocycles. The van der Waals surface area contributed by atoms with Crippen LogP contribution in [0.1, 0.15) is 57.2 Å².